The van der Waals surface area contributed by atoms with E-state index in [-0.39, 0.29) is 17.4 Å². The van der Waals surface area contributed by atoms with Gasteiger partial charge in [0.1, 0.15) is 6.20 Å². The van der Waals surface area contributed by atoms with Crippen LogP contribution in [0.5, 0.6) is 0 Å². The summed E-state index contributed by atoms with van der Waals surface area (Å²) in [6.45, 7) is 6.06. The van der Waals surface area contributed by atoms with Crippen LogP contribution in [-0.2, 0) is 6.54 Å². The van der Waals surface area contributed by atoms with Gasteiger partial charge in [-0.2, -0.15) is 5.10 Å². The van der Waals surface area contributed by atoms with Crippen LogP contribution in [0.2, 0.25) is 0 Å². The number of benzene rings is 1. The number of nitrogens with zero attached hydrogens (tertiary/aromatic N) is 3. The Morgan fingerprint density at radius 2 is 2.05 bits per heavy atom. The van der Waals surface area contributed by atoms with Crippen molar-refractivity contribution in [3.8, 4) is 0 Å². The number of aryl methyl sites for hydroxylation is 2. The van der Waals surface area contributed by atoms with Gasteiger partial charge in [-0.25, -0.2) is 0 Å². The highest BCUT2D eigenvalue weighted by molar-refractivity contribution is 5.96. The molecule has 0 bridgehead atoms. The molecule has 0 unspecified atom stereocenters. The van der Waals surface area contributed by atoms with Gasteiger partial charge in [0.2, 0.25) is 5.69 Å². The molecule has 22 heavy (non-hydrogen) atoms. The smallest absolute Gasteiger partial charge is 0.320 e. The molecule has 0 spiro atoms. The quantitative estimate of drug-likeness (QED) is 0.679. The second-order valence-corrected chi connectivity index (χ2v) is 5.08. The van der Waals surface area contributed by atoms with Gasteiger partial charge < -0.3 is 5.32 Å². The third-order valence-corrected chi connectivity index (χ3v) is 3.40. The topological polar surface area (TPSA) is 90.1 Å². The molecule has 7 nitrogen and oxygen atoms in total. The van der Waals surface area contributed by atoms with E-state index in [1.807, 2.05) is 38.1 Å². The zero-order valence-electron chi connectivity index (χ0n) is 12.7. The monoisotopic (exact) mass is 302 g/mol. The van der Waals surface area contributed by atoms with E-state index in [0.29, 0.717) is 6.54 Å². The summed E-state index contributed by atoms with van der Waals surface area (Å²) in [5.74, 6) is -0.549. The van der Waals surface area contributed by atoms with E-state index >= 15 is 0 Å². The molecule has 7 heteroatoms. The van der Waals surface area contributed by atoms with Crippen LogP contribution in [-0.4, -0.2) is 20.6 Å². The predicted octanol–water partition coefficient (Wildman–Crippen LogP) is 2.61. The lowest BCUT2D eigenvalue weighted by Gasteiger charge is -2.13. The lowest BCUT2D eigenvalue weighted by Crippen LogP contribution is -2.27. The van der Waals surface area contributed by atoms with Crippen molar-refractivity contribution in [2.75, 3.05) is 0 Å². The Balaban J connectivity index is 2.20. The summed E-state index contributed by atoms with van der Waals surface area (Å²) in [5, 5.41) is 17.7. The first-order chi connectivity index (χ1) is 10.4. The summed E-state index contributed by atoms with van der Waals surface area (Å²) in [6, 6.07) is 7.47. The molecule has 1 amide bonds. The van der Waals surface area contributed by atoms with Gasteiger partial charge in [0.25, 0.3) is 5.91 Å². The minimum Gasteiger partial charge on any atom is -0.344 e. The molecule has 0 saturated heterocycles. The van der Waals surface area contributed by atoms with E-state index in [4.69, 9.17) is 0 Å². The fraction of sp³-hybridized carbons (Fsp3) is 0.333. The SMILES string of the molecule is CCn1cc([N+](=O)[O-])c(C(=O)N[C@@H](C)c2ccc(C)cc2)n1. The summed E-state index contributed by atoms with van der Waals surface area (Å²) in [7, 11) is 0. The van der Waals surface area contributed by atoms with Crippen molar-refractivity contribution < 1.29 is 9.72 Å². The van der Waals surface area contributed by atoms with Gasteiger partial charge >= 0.3 is 5.69 Å². The molecule has 0 radical (unpaired) electrons. The van der Waals surface area contributed by atoms with Gasteiger partial charge in [-0.3, -0.25) is 19.6 Å². The Morgan fingerprint density at radius 1 is 1.41 bits per heavy atom. The van der Waals surface area contributed by atoms with E-state index in [1.54, 1.807) is 6.92 Å². The summed E-state index contributed by atoms with van der Waals surface area (Å²) >= 11 is 0. The number of rotatable bonds is 5. The Bertz CT molecular complexity index is 691. The number of hydrogen-bond acceptors (Lipinski definition) is 4. The van der Waals surface area contributed by atoms with Crippen molar-refractivity contribution >= 4 is 11.6 Å². The van der Waals surface area contributed by atoms with Crippen molar-refractivity contribution in [1.82, 2.24) is 15.1 Å². The molecule has 0 aliphatic heterocycles. The number of hydrogen-bond donors (Lipinski definition) is 1. The van der Waals surface area contributed by atoms with Crippen LogP contribution < -0.4 is 5.32 Å². The van der Waals surface area contributed by atoms with Crippen LogP contribution in [0.15, 0.2) is 30.5 Å². The standard InChI is InChI=1S/C15H18N4O3/c1-4-18-9-13(19(21)22)14(17-18)15(20)16-11(3)12-7-5-10(2)6-8-12/h5-9,11H,4H2,1-3H3,(H,16,20)/t11-/m0/s1. The highest BCUT2D eigenvalue weighted by Crippen LogP contribution is 2.19. The van der Waals surface area contributed by atoms with Gasteiger partial charge in [0, 0.05) is 6.54 Å². The van der Waals surface area contributed by atoms with Crippen molar-refractivity contribution in [2.45, 2.75) is 33.4 Å². The minimum atomic E-state index is -0.593. The average molecular weight is 302 g/mol. The first-order valence-corrected chi connectivity index (χ1v) is 7.01. The molecular formula is C15H18N4O3. The number of amides is 1. The highest BCUT2D eigenvalue weighted by Gasteiger charge is 2.26. The maximum absolute atomic E-state index is 12.3. The first-order valence-electron chi connectivity index (χ1n) is 7.01. The predicted molar refractivity (Wildman–Crippen MR) is 81.6 cm³/mol. The molecule has 1 atom stereocenters. The van der Waals surface area contributed by atoms with Gasteiger partial charge in [0.05, 0.1) is 11.0 Å². The van der Waals surface area contributed by atoms with Crippen molar-refractivity contribution in [3.63, 3.8) is 0 Å². The molecule has 1 aromatic heterocycles. The molecule has 1 N–H and O–H groups in total. The van der Waals surface area contributed by atoms with Crippen molar-refractivity contribution in [3.05, 3.63) is 57.4 Å². The normalized spacial score (nSPS) is 12.0. The van der Waals surface area contributed by atoms with E-state index in [9.17, 15) is 14.9 Å². The molecule has 0 fully saturated rings. The highest BCUT2D eigenvalue weighted by atomic mass is 16.6. The lowest BCUT2D eigenvalue weighted by molar-refractivity contribution is -0.385. The second-order valence-electron chi connectivity index (χ2n) is 5.08. The van der Waals surface area contributed by atoms with Gasteiger partial charge in [0.15, 0.2) is 0 Å². The van der Waals surface area contributed by atoms with E-state index in [1.165, 1.54) is 10.9 Å². The molecular weight excluding hydrogens is 284 g/mol. The number of nitrogens with one attached hydrogen (secondary N) is 1. The van der Waals surface area contributed by atoms with Gasteiger partial charge in [-0.05, 0) is 26.3 Å². The molecule has 1 heterocycles. The van der Waals surface area contributed by atoms with Crippen LogP contribution in [0.25, 0.3) is 0 Å². The number of carbonyl (C=O) groups is 1. The van der Waals surface area contributed by atoms with Crippen LogP contribution >= 0.6 is 0 Å². The van der Waals surface area contributed by atoms with Crippen molar-refractivity contribution in [1.29, 1.82) is 0 Å². The van der Waals surface area contributed by atoms with Crippen LogP contribution in [0, 0.1) is 17.0 Å². The third kappa shape index (κ3) is 3.30. The molecule has 0 aliphatic carbocycles. The molecule has 2 rings (SSSR count). The third-order valence-electron chi connectivity index (χ3n) is 3.40. The van der Waals surface area contributed by atoms with Gasteiger partial charge in [-0.15, -0.1) is 0 Å². The number of aromatic nitrogens is 2. The second kappa shape index (κ2) is 6.38. The first kappa shape index (κ1) is 15.7. The van der Waals surface area contributed by atoms with Crippen LogP contribution in [0.4, 0.5) is 5.69 Å². The van der Waals surface area contributed by atoms with Crippen LogP contribution in [0.1, 0.15) is 41.5 Å². The summed E-state index contributed by atoms with van der Waals surface area (Å²) in [5.41, 5.74) is 1.61. The molecule has 2 aromatic rings. The maximum atomic E-state index is 12.3. The number of nitro groups is 1. The molecule has 0 saturated carbocycles. The van der Waals surface area contributed by atoms with Crippen molar-refractivity contribution in [2.24, 2.45) is 0 Å². The Morgan fingerprint density at radius 3 is 2.59 bits per heavy atom. The van der Waals surface area contributed by atoms with E-state index in [2.05, 4.69) is 10.4 Å². The summed E-state index contributed by atoms with van der Waals surface area (Å²) in [6.07, 6.45) is 1.27. The number of carbonyl (C=O) groups excluding carboxylic acids is 1. The maximum Gasteiger partial charge on any atom is 0.320 e. The summed E-state index contributed by atoms with van der Waals surface area (Å²) < 4.78 is 1.38. The zero-order chi connectivity index (χ0) is 16.3. The van der Waals surface area contributed by atoms with Gasteiger partial charge in [-0.1, -0.05) is 29.8 Å². The zero-order valence-corrected chi connectivity index (χ0v) is 12.7. The lowest BCUT2D eigenvalue weighted by atomic mass is 10.1. The van der Waals surface area contributed by atoms with Crippen LogP contribution in [0.3, 0.4) is 0 Å². The Kier molecular flexibility index (Phi) is 4.55. The Hall–Kier alpha value is -2.70. The minimum absolute atomic E-state index is 0.161. The Labute approximate surface area is 128 Å². The van der Waals surface area contributed by atoms with E-state index in [0.717, 1.165) is 11.1 Å². The largest absolute Gasteiger partial charge is 0.344 e. The fourth-order valence-corrected chi connectivity index (χ4v) is 2.07. The molecule has 0 aliphatic rings. The fourth-order valence-electron chi connectivity index (χ4n) is 2.07. The summed E-state index contributed by atoms with van der Waals surface area (Å²) in [4.78, 5) is 22.7. The molecule has 1 aromatic carbocycles. The average Bonchev–Trinajstić information content (AvgIpc) is 2.92. The van der Waals surface area contributed by atoms with E-state index < -0.39 is 10.8 Å². The molecule has 116 valence electrons.